The lowest BCUT2D eigenvalue weighted by Crippen LogP contribution is -2.39. The van der Waals surface area contributed by atoms with E-state index in [0.29, 0.717) is 33.8 Å². The van der Waals surface area contributed by atoms with E-state index in [4.69, 9.17) is 12.2 Å². The molecule has 31 heavy (non-hydrogen) atoms. The van der Waals surface area contributed by atoms with Crippen molar-refractivity contribution in [3.05, 3.63) is 31.9 Å². The molecule has 1 amide bonds. The van der Waals surface area contributed by atoms with Gasteiger partial charge in [-0.15, -0.1) is 0 Å². The van der Waals surface area contributed by atoms with Crippen molar-refractivity contribution in [2.45, 2.75) is 59.9 Å². The summed E-state index contributed by atoms with van der Waals surface area (Å²) < 4.78 is 2.31. The molecule has 8 heteroatoms. The predicted octanol–water partition coefficient (Wildman–Crippen LogP) is 4.29. The average Bonchev–Trinajstić information content (AvgIpc) is 3.02. The number of hydrogen-bond acceptors (Lipinski definition) is 6. The lowest BCUT2D eigenvalue weighted by molar-refractivity contribution is -0.121. The fourth-order valence-corrected chi connectivity index (χ4v) is 5.50. The van der Waals surface area contributed by atoms with Crippen LogP contribution < -0.4 is 10.5 Å². The molecular weight excluding hydrogens is 428 g/mol. The highest BCUT2D eigenvalue weighted by molar-refractivity contribution is 8.26. The number of carbonyl (C=O) groups is 1. The van der Waals surface area contributed by atoms with Gasteiger partial charge in [-0.2, -0.15) is 5.26 Å². The van der Waals surface area contributed by atoms with Crippen LogP contribution in [0.4, 0.5) is 5.82 Å². The van der Waals surface area contributed by atoms with Crippen LogP contribution >= 0.6 is 24.0 Å². The Hall–Kier alpha value is -2.11. The number of amides is 1. The van der Waals surface area contributed by atoms with E-state index in [2.05, 4.69) is 24.8 Å². The first kappa shape index (κ1) is 23.6. The van der Waals surface area contributed by atoms with Gasteiger partial charge in [-0.25, -0.2) is 0 Å². The predicted molar refractivity (Wildman–Crippen MR) is 131 cm³/mol. The van der Waals surface area contributed by atoms with Gasteiger partial charge in [0.05, 0.1) is 4.91 Å². The molecule has 2 aliphatic rings. The fraction of sp³-hybridized carbons (Fsp3) is 0.565. The topological polar surface area (TPSA) is 69.3 Å². The van der Waals surface area contributed by atoms with Gasteiger partial charge in [0.2, 0.25) is 0 Å². The number of nitriles is 1. The molecule has 0 N–H and O–H groups in total. The van der Waals surface area contributed by atoms with Gasteiger partial charge in [0, 0.05) is 31.7 Å². The summed E-state index contributed by atoms with van der Waals surface area (Å²) >= 11 is 6.66. The SMILES string of the molecule is CCCCn1c(N2CCC(C)CC2)c(C=C2SC(=S)N(CC)C2=O)c(C)c(C#N)c1=O. The van der Waals surface area contributed by atoms with Gasteiger partial charge in [0.1, 0.15) is 21.8 Å². The maximum atomic E-state index is 13.3. The van der Waals surface area contributed by atoms with Crippen LogP contribution in [0.5, 0.6) is 0 Å². The molecule has 2 aliphatic heterocycles. The first-order valence-corrected chi connectivity index (χ1v) is 12.2. The Morgan fingerprint density at radius 1 is 1.26 bits per heavy atom. The molecule has 1 aromatic heterocycles. The van der Waals surface area contributed by atoms with E-state index in [1.807, 2.05) is 19.9 Å². The van der Waals surface area contributed by atoms with Gasteiger partial charge in [-0.05, 0) is 50.7 Å². The molecule has 2 fully saturated rings. The van der Waals surface area contributed by atoms with Crippen molar-refractivity contribution < 1.29 is 4.79 Å². The zero-order valence-corrected chi connectivity index (χ0v) is 20.4. The number of piperidine rings is 1. The fourth-order valence-electron chi connectivity index (χ4n) is 4.13. The van der Waals surface area contributed by atoms with Crippen LogP contribution in [0.2, 0.25) is 0 Å². The maximum absolute atomic E-state index is 13.3. The highest BCUT2D eigenvalue weighted by atomic mass is 32.2. The molecule has 0 saturated carbocycles. The third-order valence-electron chi connectivity index (χ3n) is 6.13. The molecule has 6 nitrogen and oxygen atoms in total. The number of likely N-dealkylation sites (N-methyl/N-ethyl adjacent to an activating group) is 1. The van der Waals surface area contributed by atoms with E-state index < -0.39 is 0 Å². The number of nitrogens with zero attached hydrogens (tertiary/aromatic N) is 4. The highest BCUT2D eigenvalue weighted by Gasteiger charge is 2.32. The van der Waals surface area contributed by atoms with Crippen LogP contribution in [0.15, 0.2) is 9.70 Å². The molecule has 0 atom stereocenters. The van der Waals surface area contributed by atoms with Crippen molar-refractivity contribution in [2.75, 3.05) is 24.5 Å². The molecule has 0 radical (unpaired) electrons. The minimum absolute atomic E-state index is 0.111. The van der Waals surface area contributed by atoms with Crippen molar-refractivity contribution in [1.82, 2.24) is 9.47 Å². The van der Waals surface area contributed by atoms with E-state index in [9.17, 15) is 14.9 Å². The third kappa shape index (κ3) is 4.58. The Kier molecular flexibility index (Phi) is 7.60. The lowest BCUT2D eigenvalue weighted by Gasteiger charge is -2.35. The number of unbranched alkanes of at least 4 members (excludes halogenated alkanes) is 1. The molecular formula is C23H30N4O2S2. The van der Waals surface area contributed by atoms with Gasteiger partial charge >= 0.3 is 0 Å². The van der Waals surface area contributed by atoms with Crippen molar-refractivity contribution in [3.63, 3.8) is 0 Å². The van der Waals surface area contributed by atoms with Crippen LogP contribution in [0.25, 0.3) is 6.08 Å². The second kappa shape index (κ2) is 10.0. The number of anilines is 1. The largest absolute Gasteiger partial charge is 0.357 e. The first-order valence-electron chi connectivity index (χ1n) is 11.0. The number of pyridine rings is 1. The van der Waals surface area contributed by atoms with Crippen LogP contribution in [0.3, 0.4) is 0 Å². The van der Waals surface area contributed by atoms with Crippen molar-refractivity contribution in [3.8, 4) is 6.07 Å². The van der Waals surface area contributed by atoms with E-state index in [1.54, 1.807) is 9.47 Å². The summed E-state index contributed by atoms with van der Waals surface area (Å²) in [5.41, 5.74) is 1.34. The number of aromatic nitrogens is 1. The normalized spacial score (nSPS) is 18.9. The molecule has 2 saturated heterocycles. The van der Waals surface area contributed by atoms with Crippen LogP contribution in [-0.2, 0) is 11.3 Å². The molecule has 0 aromatic carbocycles. The number of rotatable bonds is 6. The molecule has 3 heterocycles. The molecule has 3 rings (SSSR count). The van der Waals surface area contributed by atoms with Crippen molar-refractivity contribution in [1.29, 1.82) is 5.26 Å². The van der Waals surface area contributed by atoms with E-state index >= 15 is 0 Å². The summed E-state index contributed by atoms with van der Waals surface area (Å²) in [5.74, 6) is 1.37. The number of thiocarbonyl (C=S) groups is 1. The quantitative estimate of drug-likeness (QED) is 0.468. The second-order valence-corrected chi connectivity index (χ2v) is 9.93. The number of thioether (sulfide) groups is 1. The monoisotopic (exact) mass is 458 g/mol. The third-order valence-corrected chi connectivity index (χ3v) is 7.51. The molecule has 1 aromatic rings. The minimum Gasteiger partial charge on any atom is -0.357 e. The van der Waals surface area contributed by atoms with E-state index in [0.717, 1.165) is 50.2 Å². The second-order valence-electron chi connectivity index (χ2n) is 8.25. The lowest BCUT2D eigenvalue weighted by atomic mass is 9.97. The molecule has 0 bridgehead atoms. The summed E-state index contributed by atoms with van der Waals surface area (Å²) in [6, 6.07) is 2.11. The zero-order valence-electron chi connectivity index (χ0n) is 18.7. The molecule has 166 valence electrons. The Labute approximate surface area is 193 Å². The molecule has 0 unspecified atom stereocenters. The highest BCUT2D eigenvalue weighted by Crippen LogP contribution is 2.36. The summed E-state index contributed by atoms with van der Waals surface area (Å²) in [5, 5.41) is 9.75. The van der Waals surface area contributed by atoms with Gasteiger partial charge < -0.3 is 4.90 Å². The smallest absolute Gasteiger partial charge is 0.270 e. The summed E-state index contributed by atoms with van der Waals surface area (Å²) in [6.45, 7) is 10.8. The summed E-state index contributed by atoms with van der Waals surface area (Å²) in [7, 11) is 0. The first-order chi connectivity index (χ1) is 14.8. The molecule has 0 aliphatic carbocycles. The Bertz CT molecular complexity index is 1010. The van der Waals surface area contributed by atoms with Gasteiger partial charge in [-0.1, -0.05) is 44.2 Å². The maximum Gasteiger partial charge on any atom is 0.270 e. The number of hydrogen-bond donors (Lipinski definition) is 0. The standard InChI is InChI=1S/C23H30N4O2S2/c1-5-7-10-27-20(25-11-8-15(3)9-12-25)17(16(4)18(14-24)21(27)28)13-19-22(29)26(6-2)23(30)31-19/h13,15H,5-12H2,1-4H3. The summed E-state index contributed by atoms with van der Waals surface area (Å²) in [4.78, 5) is 30.5. The van der Waals surface area contributed by atoms with Gasteiger partial charge in [0.25, 0.3) is 11.5 Å². The van der Waals surface area contributed by atoms with E-state index in [-0.39, 0.29) is 17.0 Å². The van der Waals surface area contributed by atoms with E-state index in [1.165, 1.54) is 11.8 Å². The average molecular weight is 459 g/mol. The van der Waals surface area contributed by atoms with Crippen LogP contribution in [-0.4, -0.2) is 39.3 Å². The summed E-state index contributed by atoms with van der Waals surface area (Å²) in [6.07, 6.45) is 5.75. The molecule has 0 spiro atoms. The zero-order chi connectivity index (χ0) is 22.7. The Morgan fingerprint density at radius 2 is 1.94 bits per heavy atom. The van der Waals surface area contributed by atoms with Crippen LogP contribution in [0.1, 0.15) is 63.1 Å². The van der Waals surface area contributed by atoms with Crippen molar-refractivity contribution in [2.24, 2.45) is 5.92 Å². The number of carbonyl (C=O) groups excluding carboxylic acids is 1. The Balaban J connectivity index is 2.24. The minimum atomic E-state index is -0.236. The van der Waals surface area contributed by atoms with Crippen LogP contribution in [0, 0.1) is 24.2 Å². The van der Waals surface area contributed by atoms with Gasteiger partial charge in [0.15, 0.2) is 0 Å². The Morgan fingerprint density at radius 3 is 2.48 bits per heavy atom. The van der Waals surface area contributed by atoms with Gasteiger partial charge in [-0.3, -0.25) is 19.1 Å². The van der Waals surface area contributed by atoms with Crippen molar-refractivity contribution >= 4 is 46.1 Å².